The number of hydrogen-bond acceptors (Lipinski definition) is 7. The van der Waals surface area contributed by atoms with Crippen LogP contribution in [0.4, 0.5) is 5.82 Å². The van der Waals surface area contributed by atoms with Gasteiger partial charge in [-0.15, -0.1) is 11.3 Å². The third kappa shape index (κ3) is 3.67. The van der Waals surface area contributed by atoms with Gasteiger partial charge in [0.2, 0.25) is 5.91 Å². The Labute approximate surface area is 156 Å². The molecule has 0 saturated carbocycles. The number of aryl methyl sites for hydroxylation is 1. The number of nitrogens with zero attached hydrogens (tertiary/aromatic N) is 3. The van der Waals surface area contributed by atoms with E-state index in [0.29, 0.717) is 12.5 Å². The van der Waals surface area contributed by atoms with Crippen LogP contribution in [0.25, 0.3) is 10.2 Å². The van der Waals surface area contributed by atoms with Gasteiger partial charge in [0.15, 0.2) is 0 Å². The molecule has 4 rings (SSSR count). The summed E-state index contributed by atoms with van der Waals surface area (Å²) >= 11 is 1.78. The van der Waals surface area contributed by atoms with Crippen molar-refractivity contribution >= 4 is 33.3 Å². The van der Waals surface area contributed by atoms with Gasteiger partial charge in [0, 0.05) is 18.0 Å². The molecule has 7 nitrogen and oxygen atoms in total. The van der Waals surface area contributed by atoms with E-state index in [0.717, 1.165) is 61.0 Å². The number of amides is 1. The molecular formula is C18H25N5O2S. The smallest absolute Gasteiger partial charge is 0.236 e. The van der Waals surface area contributed by atoms with Crippen LogP contribution in [0.5, 0.6) is 0 Å². The van der Waals surface area contributed by atoms with Gasteiger partial charge in [0.05, 0.1) is 31.7 Å². The van der Waals surface area contributed by atoms with Crippen molar-refractivity contribution in [3.8, 4) is 0 Å². The number of primary amides is 1. The van der Waals surface area contributed by atoms with Crippen molar-refractivity contribution in [3.05, 3.63) is 16.3 Å². The summed E-state index contributed by atoms with van der Waals surface area (Å²) in [6, 6.07) is 0. The number of nitrogens with one attached hydrogen (secondary N) is 1. The van der Waals surface area contributed by atoms with Crippen molar-refractivity contribution < 1.29 is 9.53 Å². The fourth-order valence-electron chi connectivity index (χ4n) is 3.72. The first kappa shape index (κ1) is 17.6. The molecule has 2 aliphatic rings. The lowest BCUT2D eigenvalue weighted by molar-refractivity contribution is -0.116. The van der Waals surface area contributed by atoms with E-state index < -0.39 is 0 Å². The third-order valence-corrected chi connectivity index (χ3v) is 6.25. The quantitative estimate of drug-likeness (QED) is 0.823. The summed E-state index contributed by atoms with van der Waals surface area (Å²) in [4.78, 5) is 25.6. The number of fused-ring (bicyclic) bond motifs is 3. The van der Waals surface area contributed by atoms with Crippen molar-refractivity contribution in [1.82, 2.24) is 14.9 Å². The van der Waals surface area contributed by atoms with E-state index in [1.165, 1.54) is 16.9 Å². The Balaban J connectivity index is 1.70. The number of thiophene rings is 1. The van der Waals surface area contributed by atoms with E-state index in [1.54, 1.807) is 11.3 Å². The summed E-state index contributed by atoms with van der Waals surface area (Å²) in [5.74, 6) is 1.87. The van der Waals surface area contributed by atoms with Crippen LogP contribution < -0.4 is 11.1 Å². The molecule has 2 aromatic rings. The molecule has 1 atom stereocenters. The zero-order valence-corrected chi connectivity index (χ0v) is 15.9. The maximum absolute atomic E-state index is 11.3. The summed E-state index contributed by atoms with van der Waals surface area (Å²) in [7, 11) is 0. The van der Waals surface area contributed by atoms with Gasteiger partial charge in [-0.2, -0.15) is 0 Å². The second-order valence-corrected chi connectivity index (χ2v) is 8.31. The normalized spacial score (nSPS) is 20.9. The lowest BCUT2D eigenvalue weighted by atomic mass is 9.89. The van der Waals surface area contributed by atoms with Gasteiger partial charge in [-0.05, 0) is 30.7 Å². The van der Waals surface area contributed by atoms with Gasteiger partial charge in [0.1, 0.15) is 16.5 Å². The minimum Gasteiger partial charge on any atom is -0.379 e. The molecule has 3 heterocycles. The minimum atomic E-state index is -0.385. The number of anilines is 1. The van der Waals surface area contributed by atoms with Crippen LogP contribution in [0.3, 0.4) is 0 Å². The van der Waals surface area contributed by atoms with Gasteiger partial charge in [0.25, 0.3) is 0 Å². The Morgan fingerprint density at radius 3 is 2.96 bits per heavy atom. The van der Waals surface area contributed by atoms with Crippen molar-refractivity contribution in [2.45, 2.75) is 32.7 Å². The number of rotatable bonds is 5. The first-order chi connectivity index (χ1) is 12.6. The number of carbonyl (C=O) groups is 1. The number of nitrogens with two attached hydrogens (primary N) is 1. The minimum absolute atomic E-state index is 0.0874. The van der Waals surface area contributed by atoms with Crippen LogP contribution in [0, 0.1) is 5.92 Å². The van der Waals surface area contributed by atoms with Crippen molar-refractivity contribution in [2.24, 2.45) is 11.7 Å². The van der Waals surface area contributed by atoms with E-state index in [4.69, 9.17) is 20.4 Å². The second-order valence-electron chi connectivity index (χ2n) is 7.23. The zero-order valence-electron chi connectivity index (χ0n) is 15.1. The van der Waals surface area contributed by atoms with Crippen LogP contribution in [-0.4, -0.2) is 53.6 Å². The molecule has 140 valence electrons. The first-order valence-electron chi connectivity index (χ1n) is 9.23. The molecule has 0 aromatic carbocycles. The summed E-state index contributed by atoms with van der Waals surface area (Å²) in [5, 5.41) is 4.24. The van der Waals surface area contributed by atoms with Crippen molar-refractivity contribution in [2.75, 3.05) is 38.2 Å². The van der Waals surface area contributed by atoms with Crippen LogP contribution in [-0.2, 0) is 28.9 Å². The highest BCUT2D eigenvalue weighted by atomic mass is 32.1. The first-order valence-corrected chi connectivity index (χ1v) is 10.0. The summed E-state index contributed by atoms with van der Waals surface area (Å²) in [6.45, 7) is 6.37. The summed E-state index contributed by atoms with van der Waals surface area (Å²) < 4.78 is 5.42. The molecule has 0 spiro atoms. The second kappa shape index (κ2) is 7.46. The largest absolute Gasteiger partial charge is 0.379 e. The maximum Gasteiger partial charge on any atom is 0.236 e. The Morgan fingerprint density at radius 2 is 2.19 bits per heavy atom. The SMILES string of the molecule is C[C@@H]1CCc2c(sc3nc(CN4CCOCC4)nc(NCC(N)=O)c23)C1. The van der Waals surface area contributed by atoms with Gasteiger partial charge >= 0.3 is 0 Å². The molecule has 26 heavy (non-hydrogen) atoms. The van der Waals surface area contributed by atoms with Crippen LogP contribution in [0.2, 0.25) is 0 Å². The van der Waals surface area contributed by atoms with Crippen molar-refractivity contribution in [1.29, 1.82) is 0 Å². The average molecular weight is 375 g/mol. The molecule has 2 aromatic heterocycles. The highest BCUT2D eigenvalue weighted by Gasteiger charge is 2.24. The molecular weight excluding hydrogens is 350 g/mol. The number of ether oxygens (including phenoxy) is 1. The highest BCUT2D eigenvalue weighted by Crippen LogP contribution is 2.40. The molecule has 1 amide bonds. The van der Waals surface area contributed by atoms with Crippen LogP contribution in [0.15, 0.2) is 0 Å². The average Bonchev–Trinajstić information content (AvgIpc) is 2.97. The zero-order chi connectivity index (χ0) is 18.1. The molecule has 1 fully saturated rings. The van der Waals surface area contributed by atoms with Gasteiger partial charge < -0.3 is 15.8 Å². The maximum atomic E-state index is 11.3. The van der Waals surface area contributed by atoms with E-state index in [-0.39, 0.29) is 12.5 Å². The molecule has 0 radical (unpaired) electrons. The monoisotopic (exact) mass is 375 g/mol. The molecule has 1 saturated heterocycles. The standard InChI is InChI=1S/C18H25N5O2S/c1-11-2-3-12-13(8-11)26-18-16(12)17(20-9-14(19)24)21-15(22-18)10-23-4-6-25-7-5-23/h11H,2-10H2,1H3,(H2,19,24)(H,20,21,22)/t11-/m1/s1. The molecule has 3 N–H and O–H groups in total. The summed E-state index contributed by atoms with van der Waals surface area (Å²) in [5.41, 5.74) is 6.69. The topological polar surface area (TPSA) is 93.4 Å². The highest BCUT2D eigenvalue weighted by molar-refractivity contribution is 7.19. The fourth-order valence-corrected chi connectivity index (χ4v) is 5.12. The lowest BCUT2D eigenvalue weighted by Gasteiger charge is -2.25. The van der Waals surface area contributed by atoms with Crippen LogP contribution in [0.1, 0.15) is 29.6 Å². The fraction of sp³-hybridized carbons (Fsp3) is 0.611. The number of aromatic nitrogens is 2. The van der Waals surface area contributed by atoms with Crippen molar-refractivity contribution in [3.63, 3.8) is 0 Å². The Morgan fingerprint density at radius 1 is 1.38 bits per heavy atom. The lowest BCUT2D eigenvalue weighted by Crippen LogP contribution is -2.36. The van der Waals surface area contributed by atoms with Gasteiger partial charge in [-0.3, -0.25) is 9.69 Å². The summed E-state index contributed by atoms with van der Waals surface area (Å²) in [6.07, 6.45) is 3.34. The predicted molar refractivity (Wildman–Crippen MR) is 102 cm³/mol. The van der Waals surface area contributed by atoms with E-state index in [1.807, 2.05) is 0 Å². The third-order valence-electron chi connectivity index (χ3n) is 5.10. The number of hydrogen-bond donors (Lipinski definition) is 2. The molecule has 8 heteroatoms. The van der Waals surface area contributed by atoms with Crippen LogP contribution >= 0.6 is 11.3 Å². The van der Waals surface area contributed by atoms with Gasteiger partial charge in [-0.25, -0.2) is 9.97 Å². The van der Waals surface area contributed by atoms with Gasteiger partial charge in [-0.1, -0.05) is 6.92 Å². The molecule has 0 unspecified atom stereocenters. The van der Waals surface area contributed by atoms with E-state index in [9.17, 15) is 4.79 Å². The number of morpholine rings is 1. The predicted octanol–water partition coefficient (Wildman–Crippen LogP) is 1.55. The number of carbonyl (C=O) groups excluding carboxylic acids is 1. The molecule has 1 aliphatic carbocycles. The molecule has 1 aliphatic heterocycles. The van der Waals surface area contributed by atoms with E-state index in [2.05, 4.69) is 17.1 Å². The van der Waals surface area contributed by atoms with E-state index >= 15 is 0 Å². The molecule has 0 bridgehead atoms. The Kier molecular flexibility index (Phi) is 5.06. The Hall–Kier alpha value is -1.77. The Bertz CT molecular complexity index is 816.